The van der Waals surface area contributed by atoms with Gasteiger partial charge in [0, 0.05) is 12.1 Å². The van der Waals surface area contributed by atoms with Crippen molar-refractivity contribution in [2.24, 2.45) is 11.1 Å². The number of aliphatic hydroxyl groups excluding tert-OH is 1. The Hall–Kier alpha value is -0.0800. The summed E-state index contributed by atoms with van der Waals surface area (Å²) in [5, 5.41) is 8.95. The zero-order chi connectivity index (χ0) is 9.12. The maximum Gasteiger partial charge on any atom is 0.0482 e. The minimum Gasteiger partial charge on any atom is -0.396 e. The lowest BCUT2D eigenvalue weighted by Gasteiger charge is -2.26. The Bertz CT molecular complexity index is 113. The monoisotopic (exact) mass is 159 g/mol. The highest BCUT2D eigenvalue weighted by Gasteiger charge is 2.20. The molecule has 0 aromatic heterocycles. The third-order valence-electron chi connectivity index (χ3n) is 1.87. The zero-order valence-corrected chi connectivity index (χ0v) is 8.15. The van der Waals surface area contributed by atoms with E-state index < -0.39 is 0 Å². The van der Waals surface area contributed by atoms with Crippen molar-refractivity contribution < 1.29 is 5.11 Å². The van der Waals surface area contributed by atoms with Crippen molar-refractivity contribution in [2.75, 3.05) is 6.61 Å². The topological polar surface area (TPSA) is 46.2 Å². The number of rotatable bonds is 4. The minimum absolute atomic E-state index is 0.0244. The molecule has 0 radical (unpaired) electrons. The van der Waals surface area contributed by atoms with Gasteiger partial charge in [-0.1, -0.05) is 13.8 Å². The third kappa shape index (κ3) is 6.32. The van der Waals surface area contributed by atoms with Crippen LogP contribution in [0.15, 0.2) is 0 Å². The Morgan fingerprint density at radius 3 is 1.82 bits per heavy atom. The van der Waals surface area contributed by atoms with Crippen LogP contribution in [0.3, 0.4) is 0 Å². The van der Waals surface area contributed by atoms with Gasteiger partial charge in [-0.25, -0.2) is 0 Å². The second kappa shape index (κ2) is 3.55. The van der Waals surface area contributed by atoms with Crippen LogP contribution in [0.5, 0.6) is 0 Å². The highest BCUT2D eigenvalue weighted by atomic mass is 16.3. The molecule has 0 heterocycles. The lowest BCUT2D eigenvalue weighted by molar-refractivity contribution is 0.141. The summed E-state index contributed by atoms with van der Waals surface area (Å²) in [6, 6.07) is 0. The normalized spacial score (nSPS) is 13.6. The molecule has 0 spiro atoms. The molecule has 0 aliphatic heterocycles. The number of aliphatic hydroxyl groups is 1. The van der Waals surface area contributed by atoms with Gasteiger partial charge in [-0.15, -0.1) is 0 Å². The van der Waals surface area contributed by atoms with Crippen molar-refractivity contribution in [3.63, 3.8) is 0 Å². The van der Waals surface area contributed by atoms with Crippen molar-refractivity contribution >= 4 is 0 Å². The van der Waals surface area contributed by atoms with Crippen LogP contribution < -0.4 is 5.73 Å². The van der Waals surface area contributed by atoms with Crippen molar-refractivity contribution in [3.8, 4) is 0 Å². The SMILES string of the molecule is CC(C)(N)CCC(C)(C)CO. The van der Waals surface area contributed by atoms with E-state index >= 15 is 0 Å². The molecular weight excluding hydrogens is 138 g/mol. The van der Waals surface area contributed by atoms with Crippen LogP contribution in [0.4, 0.5) is 0 Å². The molecule has 0 unspecified atom stereocenters. The van der Waals surface area contributed by atoms with Gasteiger partial charge in [0.25, 0.3) is 0 Å². The van der Waals surface area contributed by atoms with E-state index in [0.717, 1.165) is 12.8 Å². The summed E-state index contributed by atoms with van der Waals surface area (Å²) < 4.78 is 0. The molecule has 0 bridgehead atoms. The Kier molecular flexibility index (Phi) is 3.52. The zero-order valence-electron chi connectivity index (χ0n) is 8.15. The van der Waals surface area contributed by atoms with Gasteiger partial charge in [-0.05, 0) is 32.1 Å². The van der Waals surface area contributed by atoms with E-state index in [1.54, 1.807) is 0 Å². The highest BCUT2D eigenvalue weighted by Crippen LogP contribution is 2.24. The number of nitrogens with two attached hydrogens (primary N) is 1. The molecule has 0 aromatic carbocycles. The van der Waals surface area contributed by atoms with E-state index in [-0.39, 0.29) is 17.6 Å². The van der Waals surface area contributed by atoms with Gasteiger partial charge >= 0.3 is 0 Å². The predicted octanol–water partition coefficient (Wildman–Crippen LogP) is 1.52. The summed E-state index contributed by atoms with van der Waals surface area (Å²) >= 11 is 0. The smallest absolute Gasteiger partial charge is 0.0482 e. The third-order valence-corrected chi connectivity index (χ3v) is 1.87. The standard InChI is InChI=1S/C9H21NO/c1-8(2,7-11)5-6-9(3,4)10/h11H,5-7,10H2,1-4H3. The van der Waals surface area contributed by atoms with Gasteiger partial charge in [0.2, 0.25) is 0 Å². The van der Waals surface area contributed by atoms with Crippen LogP contribution in [0.2, 0.25) is 0 Å². The average molecular weight is 159 g/mol. The fraction of sp³-hybridized carbons (Fsp3) is 1.00. The fourth-order valence-corrected chi connectivity index (χ4v) is 0.740. The van der Waals surface area contributed by atoms with Crippen molar-refractivity contribution in [1.29, 1.82) is 0 Å². The Morgan fingerprint density at radius 2 is 1.55 bits per heavy atom. The van der Waals surface area contributed by atoms with Gasteiger partial charge in [-0.2, -0.15) is 0 Å². The molecule has 3 N–H and O–H groups in total. The maximum absolute atomic E-state index is 8.95. The molecular formula is C9H21NO. The molecule has 0 aromatic rings. The minimum atomic E-state index is -0.105. The lowest BCUT2D eigenvalue weighted by Crippen LogP contribution is -2.34. The fourth-order valence-electron chi connectivity index (χ4n) is 0.740. The van der Waals surface area contributed by atoms with E-state index in [1.165, 1.54) is 0 Å². The predicted molar refractivity (Wildman–Crippen MR) is 48.4 cm³/mol. The number of hydrogen-bond acceptors (Lipinski definition) is 2. The number of hydrogen-bond donors (Lipinski definition) is 2. The van der Waals surface area contributed by atoms with Crippen molar-refractivity contribution in [3.05, 3.63) is 0 Å². The lowest BCUT2D eigenvalue weighted by atomic mass is 9.84. The van der Waals surface area contributed by atoms with E-state index in [1.807, 2.05) is 13.8 Å². The second-order valence-electron chi connectivity index (χ2n) is 4.81. The summed E-state index contributed by atoms with van der Waals surface area (Å²) in [4.78, 5) is 0. The van der Waals surface area contributed by atoms with Gasteiger partial charge in [0.05, 0.1) is 0 Å². The van der Waals surface area contributed by atoms with E-state index in [0.29, 0.717) is 0 Å². The molecule has 0 amide bonds. The first-order chi connectivity index (χ1) is 4.77. The van der Waals surface area contributed by atoms with Crippen LogP contribution in [-0.4, -0.2) is 17.3 Å². The van der Waals surface area contributed by atoms with E-state index in [9.17, 15) is 0 Å². The molecule has 0 saturated carbocycles. The van der Waals surface area contributed by atoms with Crippen molar-refractivity contribution in [2.45, 2.75) is 46.1 Å². The Morgan fingerprint density at radius 1 is 1.09 bits per heavy atom. The summed E-state index contributed by atoms with van der Waals surface area (Å²) in [5.74, 6) is 0. The summed E-state index contributed by atoms with van der Waals surface area (Å²) in [5.41, 5.74) is 5.74. The first kappa shape index (κ1) is 10.9. The Balaban J connectivity index is 3.70. The highest BCUT2D eigenvalue weighted by molar-refractivity contribution is 4.76. The van der Waals surface area contributed by atoms with E-state index in [4.69, 9.17) is 10.8 Å². The molecule has 0 saturated heterocycles. The van der Waals surface area contributed by atoms with Gasteiger partial charge in [-0.3, -0.25) is 0 Å². The van der Waals surface area contributed by atoms with Crippen LogP contribution in [0, 0.1) is 5.41 Å². The second-order valence-corrected chi connectivity index (χ2v) is 4.81. The quantitative estimate of drug-likeness (QED) is 0.653. The summed E-state index contributed by atoms with van der Waals surface area (Å²) in [6.45, 7) is 8.38. The average Bonchev–Trinajstić information content (AvgIpc) is 1.83. The molecule has 11 heavy (non-hydrogen) atoms. The van der Waals surface area contributed by atoms with Crippen LogP contribution in [0.1, 0.15) is 40.5 Å². The molecule has 68 valence electrons. The van der Waals surface area contributed by atoms with E-state index in [2.05, 4.69) is 13.8 Å². The maximum atomic E-state index is 8.95. The van der Waals surface area contributed by atoms with Gasteiger partial charge < -0.3 is 10.8 Å². The largest absolute Gasteiger partial charge is 0.396 e. The molecule has 0 rings (SSSR count). The van der Waals surface area contributed by atoms with Crippen LogP contribution >= 0.6 is 0 Å². The van der Waals surface area contributed by atoms with Crippen LogP contribution in [-0.2, 0) is 0 Å². The molecule has 0 aliphatic carbocycles. The first-order valence-corrected chi connectivity index (χ1v) is 4.17. The molecule has 0 atom stereocenters. The molecule has 0 fully saturated rings. The molecule has 2 nitrogen and oxygen atoms in total. The van der Waals surface area contributed by atoms with Crippen LogP contribution in [0.25, 0.3) is 0 Å². The first-order valence-electron chi connectivity index (χ1n) is 4.17. The van der Waals surface area contributed by atoms with Crippen molar-refractivity contribution in [1.82, 2.24) is 0 Å². The van der Waals surface area contributed by atoms with Gasteiger partial charge in [0.15, 0.2) is 0 Å². The van der Waals surface area contributed by atoms with Gasteiger partial charge in [0.1, 0.15) is 0 Å². The Labute approximate surface area is 69.8 Å². The summed E-state index contributed by atoms with van der Waals surface area (Å²) in [6.07, 6.45) is 1.94. The molecule has 2 heteroatoms. The summed E-state index contributed by atoms with van der Waals surface area (Å²) in [7, 11) is 0. The molecule has 0 aliphatic rings.